The summed E-state index contributed by atoms with van der Waals surface area (Å²) in [6, 6.07) is 16.9. The number of hydrogen-bond acceptors (Lipinski definition) is 4. The van der Waals surface area contributed by atoms with Gasteiger partial charge in [0.25, 0.3) is 0 Å². The Balaban J connectivity index is 1.71. The van der Waals surface area contributed by atoms with Crippen molar-refractivity contribution in [2.45, 2.75) is 82.3 Å². The lowest BCUT2D eigenvalue weighted by atomic mass is 9.53. The molecule has 2 aliphatic carbocycles. The Morgan fingerprint density at radius 3 is 2.58 bits per heavy atom. The molecule has 2 aliphatic rings. The van der Waals surface area contributed by atoms with E-state index in [-0.39, 0.29) is 11.4 Å². The molecule has 2 aromatic rings. The molecule has 0 unspecified atom stereocenters. The van der Waals surface area contributed by atoms with E-state index in [1.54, 1.807) is 0 Å². The van der Waals surface area contributed by atoms with Crippen LogP contribution in [0.4, 0.5) is 0 Å². The highest BCUT2D eigenvalue weighted by atomic mass is 16.6. The molecule has 4 nitrogen and oxygen atoms in total. The number of fused-ring (bicyclic) bond motifs is 3. The molecule has 0 amide bonds. The number of nitrogens with zero attached hydrogens (tertiary/aromatic N) is 1. The van der Waals surface area contributed by atoms with Gasteiger partial charge < -0.3 is 14.4 Å². The largest absolute Gasteiger partial charge is 0.489 e. The van der Waals surface area contributed by atoms with Crippen molar-refractivity contribution in [2.75, 3.05) is 20.6 Å². The zero-order valence-electron chi connectivity index (χ0n) is 20.6. The molecule has 0 radical (unpaired) electrons. The van der Waals surface area contributed by atoms with E-state index in [1.165, 1.54) is 17.5 Å². The third-order valence-corrected chi connectivity index (χ3v) is 7.70. The molecule has 2 aromatic carbocycles. The average molecular weight is 450 g/mol. The van der Waals surface area contributed by atoms with Gasteiger partial charge in [0.15, 0.2) is 0 Å². The van der Waals surface area contributed by atoms with E-state index in [9.17, 15) is 4.79 Å². The SMILES string of the molecule is CCCC(=O)O[C@@]12CCCC[C@]1(CCN(C)C)c1cc(OCc3ccccc3)ccc1CC2. The number of aryl methyl sites for hydroxylation is 1. The first-order valence-electron chi connectivity index (χ1n) is 12.6. The van der Waals surface area contributed by atoms with Crippen LogP contribution in [0.2, 0.25) is 0 Å². The maximum atomic E-state index is 12.8. The lowest BCUT2D eigenvalue weighted by Crippen LogP contribution is -2.59. The molecular formula is C29H39NO3. The predicted octanol–water partition coefficient (Wildman–Crippen LogP) is 6.06. The molecule has 0 bridgehead atoms. The maximum absolute atomic E-state index is 12.8. The molecule has 0 heterocycles. The molecule has 1 fully saturated rings. The number of carbonyl (C=O) groups is 1. The fraction of sp³-hybridized carbons (Fsp3) is 0.552. The second kappa shape index (κ2) is 10.3. The van der Waals surface area contributed by atoms with Crippen LogP contribution < -0.4 is 4.74 Å². The van der Waals surface area contributed by atoms with E-state index in [0.717, 1.165) is 62.8 Å². The van der Waals surface area contributed by atoms with E-state index in [0.29, 0.717) is 13.0 Å². The zero-order valence-corrected chi connectivity index (χ0v) is 20.6. The summed E-state index contributed by atoms with van der Waals surface area (Å²) in [6.07, 6.45) is 8.53. The standard InChI is InChI=1S/C29H39NO3/c1-4-10-27(31)33-29-17-9-8-16-28(29,19-20-30(2)3)26-21-25(14-13-24(26)15-18-29)32-22-23-11-6-5-7-12-23/h5-7,11-14,21H,4,8-10,15-20,22H2,1-3H3/t28-,29+/m0/s1. The molecule has 4 heteroatoms. The Morgan fingerprint density at radius 2 is 1.82 bits per heavy atom. The molecule has 0 saturated heterocycles. The van der Waals surface area contributed by atoms with Gasteiger partial charge in [-0.25, -0.2) is 0 Å². The molecule has 33 heavy (non-hydrogen) atoms. The van der Waals surface area contributed by atoms with Crippen LogP contribution in [0.5, 0.6) is 5.75 Å². The molecular weight excluding hydrogens is 410 g/mol. The van der Waals surface area contributed by atoms with Gasteiger partial charge in [0.2, 0.25) is 0 Å². The number of rotatable bonds is 9. The Kier molecular flexibility index (Phi) is 7.43. The van der Waals surface area contributed by atoms with Gasteiger partial charge in [0.1, 0.15) is 18.0 Å². The number of hydrogen-bond donors (Lipinski definition) is 0. The van der Waals surface area contributed by atoms with Crippen LogP contribution in [0.15, 0.2) is 48.5 Å². The fourth-order valence-electron chi connectivity index (χ4n) is 6.01. The molecule has 4 rings (SSSR count). The minimum atomic E-state index is -0.404. The smallest absolute Gasteiger partial charge is 0.306 e. The summed E-state index contributed by atoms with van der Waals surface area (Å²) in [5.41, 5.74) is 3.35. The molecule has 0 N–H and O–H groups in total. The number of ether oxygens (including phenoxy) is 2. The first-order valence-corrected chi connectivity index (χ1v) is 12.6. The summed E-state index contributed by atoms with van der Waals surface area (Å²) in [5, 5.41) is 0. The van der Waals surface area contributed by atoms with Crippen LogP contribution >= 0.6 is 0 Å². The fourth-order valence-corrected chi connectivity index (χ4v) is 6.01. The van der Waals surface area contributed by atoms with Gasteiger partial charge in [0.05, 0.1) is 0 Å². The Labute approximate surface area is 199 Å². The van der Waals surface area contributed by atoms with Gasteiger partial charge in [-0.05, 0) is 94.4 Å². The highest BCUT2D eigenvalue weighted by Gasteiger charge is 2.58. The summed E-state index contributed by atoms with van der Waals surface area (Å²) in [4.78, 5) is 15.1. The summed E-state index contributed by atoms with van der Waals surface area (Å²) in [7, 11) is 4.26. The molecule has 2 atom stereocenters. The molecule has 0 aliphatic heterocycles. The van der Waals surface area contributed by atoms with Crippen molar-refractivity contribution in [1.29, 1.82) is 0 Å². The van der Waals surface area contributed by atoms with Crippen molar-refractivity contribution in [3.8, 4) is 5.75 Å². The van der Waals surface area contributed by atoms with Gasteiger partial charge in [-0.15, -0.1) is 0 Å². The first kappa shape index (κ1) is 23.8. The van der Waals surface area contributed by atoms with Crippen LogP contribution in [-0.4, -0.2) is 37.1 Å². The van der Waals surface area contributed by atoms with Crippen molar-refractivity contribution in [1.82, 2.24) is 4.90 Å². The number of benzene rings is 2. The van der Waals surface area contributed by atoms with E-state index < -0.39 is 5.60 Å². The average Bonchev–Trinajstić information content (AvgIpc) is 2.82. The van der Waals surface area contributed by atoms with E-state index >= 15 is 0 Å². The maximum Gasteiger partial charge on any atom is 0.306 e. The van der Waals surface area contributed by atoms with Gasteiger partial charge in [-0.1, -0.05) is 49.7 Å². The Morgan fingerprint density at radius 1 is 1.03 bits per heavy atom. The summed E-state index contributed by atoms with van der Waals surface area (Å²) in [6.45, 7) is 3.58. The van der Waals surface area contributed by atoms with Crippen LogP contribution in [-0.2, 0) is 28.0 Å². The molecule has 0 aromatic heterocycles. The highest BCUT2D eigenvalue weighted by molar-refractivity contribution is 5.70. The second-order valence-corrected chi connectivity index (χ2v) is 10.2. The van der Waals surface area contributed by atoms with Crippen LogP contribution in [0.3, 0.4) is 0 Å². The molecule has 1 saturated carbocycles. The van der Waals surface area contributed by atoms with E-state index in [4.69, 9.17) is 9.47 Å². The lowest BCUT2D eigenvalue weighted by molar-refractivity contribution is -0.179. The van der Waals surface area contributed by atoms with Crippen molar-refractivity contribution in [2.24, 2.45) is 0 Å². The monoisotopic (exact) mass is 449 g/mol. The van der Waals surface area contributed by atoms with Crippen LogP contribution in [0.25, 0.3) is 0 Å². The van der Waals surface area contributed by atoms with Crippen molar-refractivity contribution in [3.63, 3.8) is 0 Å². The minimum Gasteiger partial charge on any atom is -0.489 e. The third-order valence-electron chi connectivity index (χ3n) is 7.70. The Bertz CT molecular complexity index is 941. The number of carbonyl (C=O) groups excluding carboxylic acids is 1. The van der Waals surface area contributed by atoms with Crippen molar-refractivity contribution in [3.05, 3.63) is 65.2 Å². The third kappa shape index (κ3) is 4.96. The molecule has 178 valence electrons. The predicted molar refractivity (Wildman–Crippen MR) is 133 cm³/mol. The normalized spacial score (nSPS) is 24.1. The first-order chi connectivity index (χ1) is 16.0. The highest BCUT2D eigenvalue weighted by Crippen LogP contribution is 2.57. The van der Waals surface area contributed by atoms with Crippen LogP contribution in [0, 0.1) is 0 Å². The number of esters is 1. The van der Waals surface area contributed by atoms with Gasteiger partial charge in [-0.3, -0.25) is 4.79 Å². The topological polar surface area (TPSA) is 38.8 Å². The quantitative estimate of drug-likeness (QED) is 0.436. The second-order valence-electron chi connectivity index (χ2n) is 10.2. The van der Waals surface area contributed by atoms with Crippen molar-refractivity contribution < 1.29 is 14.3 Å². The van der Waals surface area contributed by atoms with Crippen molar-refractivity contribution >= 4 is 5.97 Å². The summed E-state index contributed by atoms with van der Waals surface area (Å²) < 4.78 is 12.7. The zero-order chi connectivity index (χ0) is 23.3. The van der Waals surface area contributed by atoms with E-state index in [1.807, 2.05) is 25.1 Å². The van der Waals surface area contributed by atoms with Gasteiger partial charge in [-0.2, -0.15) is 0 Å². The summed E-state index contributed by atoms with van der Waals surface area (Å²) in [5.74, 6) is 0.872. The Hall–Kier alpha value is -2.33. The van der Waals surface area contributed by atoms with Crippen LogP contribution in [0.1, 0.15) is 75.0 Å². The molecule has 0 spiro atoms. The van der Waals surface area contributed by atoms with E-state index in [2.05, 4.69) is 49.3 Å². The minimum absolute atomic E-state index is 0.0337. The van der Waals surface area contributed by atoms with Gasteiger partial charge in [0, 0.05) is 11.8 Å². The van der Waals surface area contributed by atoms with Gasteiger partial charge >= 0.3 is 5.97 Å². The summed E-state index contributed by atoms with van der Waals surface area (Å²) >= 11 is 0. The lowest BCUT2D eigenvalue weighted by Gasteiger charge is -2.56.